The van der Waals surface area contributed by atoms with E-state index in [1.807, 2.05) is 63.6 Å². The van der Waals surface area contributed by atoms with Gasteiger partial charge in [0.2, 0.25) is 5.91 Å². The van der Waals surface area contributed by atoms with E-state index in [-0.39, 0.29) is 30.2 Å². The van der Waals surface area contributed by atoms with Crippen molar-refractivity contribution < 1.29 is 14.3 Å². The van der Waals surface area contributed by atoms with E-state index in [0.29, 0.717) is 22.4 Å². The number of para-hydroxylation sites is 2. The van der Waals surface area contributed by atoms with Crippen LogP contribution in [0.5, 0.6) is 5.75 Å². The highest BCUT2D eigenvalue weighted by molar-refractivity contribution is 7.99. The first kappa shape index (κ1) is 22.8. The predicted octanol–water partition coefficient (Wildman–Crippen LogP) is 3.96. The van der Waals surface area contributed by atoms with Gasteiger partial charge in [0, 0.05) is 12.7 Å². The molecule has 1 atom stereocenters. The summed E-state index contributed by atoms with van der Waals surface area (Å²) in [6.45, 7) is 7.92. The lowest BCUT2D eigenvalue weighted by atomic mass is 10.1. The first-order valence-electron chi connectivity index (χ1n) is 10.7. The van der Waals surface area contributed by atoms with Gasteiger partial charge in [-0.15, -0.1) is 10.2 Å². The molecule has 0 saturated carbocycles. The lowest BCUT2D eigenvalue weighted by Crippen LogP contribution is -2.41. The van der Waals surface area contributed by atoms with Gasteiger partial charge in [-0.2, -0.15) is 0 Å². The minimum Gasteiger partial charge on any atom is -0.482 e. The van der Waals surface area contributed by atoms with E-state index in [1.54, 1.807) is 4.90 Å². The molecule has 1 aliphatic heterocycles. The molecule has 9 heteroatoms. The molecule has 33 heavy (non-hydrogen) atoms. The number of hydrogen-bond donors (Lipinski definition) is 1. The first-order valence-corrected chi connectivity index (χ1v) is 11.7. The monoisotopic (exact) mass is 465 g/mol. The zero-order valence-electron chi connectivity index (χ0n) is 19.4. The summed E-state index contributed by atoms with van der Waals surface area (Å²) in [5, 5.41) is 12.2. The molecule has 0 fully saturated rings. The zero-order valence-corrected chi connectivity index (χ0v) is 20.2. The number of fused-ring (bicyclic) bond motifs is 1. The Kier molecular flexibility index (Phi) is 6.42. The van der Waals surface area contributed by atoms with Crippen LogP contribution in [-0.2, 0) is 16.6 Å². The smallest absolute Gasteiger partial charge is 0.265 e. The van der Waals surface area contributed by atoms with E-state index in [4.69, 9.17) is 4.74 Å². The summed E-state index contributed by atoms with van der Waals surface area (Å²) in [5.74, 6) is 1.26. The Hall–Kier alpha value is -3.33. The quantitative estimate of drug-likeness (QED) is 0.555. The van der Waals surface area contributed by atoms with Crippen LogP contribution in [0.15, 0.2) is 41.6 Å². The molecule has 0 unspecified atom stereocenters. The van der Waals surface area contributed by atoms with Crippen molar-refractivity contribution in [3.8, 4) is 5.75 Å². The molecule has 2 aromatic carbocycles. The molecule has 1 aliphatic rings. The van der Waals surface area contributed by atoms with Crippen molar-refractivity contribution in [2.24, 2.45) is 7.05 Å². The lowest BCUT2D eigenvalue weighted by molar-refractivity contribution is -0.121. The highest BCUT2D eigenvalue weighted by Crippen LogP contribution is 2.37. The van der Waals surface area contributed by atoms with E-state index in [0.717, 1.165) is 16.8 Å². The molecule has 0 spiro atoms. The summed E-state index contributed by atoms with van der Waals surface area (Å²) in [7, 11) is 1.84. The summed E-state index contributed by atoms with van der Waals surface area (Å²) < 4.78 is 7.37. The number of carbonyl (C=O) groups excluding carboxylic acids is 2. The Bertz CT molecular complexity index is 1200. The van der Waals surface area contributed by atoms with Crippen LogP contribution in [0, 0.1) is 20.8 Å². The Labute approximate surface area is 197 Å². The number of nitrogens with zero attached hydrogens (tertiary/aromatic N) is 4. The lowest BCUT2D eigenvalue weighted by Gasteiger charge is -2.33. The largest absolute Gasteiger partial charge is 0.482 e. The van der Waals surface area contributed by atoms with Crippen LogP contribution in [-0.4, -0.2) is 38.9 Å². The Morgan fingerprint density at radius 3 is 2.61 bits per heavy atom. The summed E-state index contributed by atoms with van der Waals surface area (Å²) in [6.07, 6.45) is 0. The zero-order chi connectivity index (χ0) is 23.7. The number of ether oxygens (including phenoxy) is 1. The normalized spacial score (nSPS) is 14.0. The standard InChI is InChI=1S/C24H27N5O3S/c1-14-10-15(2)22(16(3)11-14)25-20(30)13-33-24-27-26-23(28(24)5)17(4)29-18-8-6-7-9-19(18)32-12-21(29)31/h6-11,17H,12-13H2,1-5H3,(H,25,30)/t17-/m0/s1. The van der Waals surface area contributed by atoms with E-state index < -0.39 is 0 Å². The molecule has 0 radical (unpaired) electrons. The average molecular weight is 466 g/mol. The van der Waals surface area contributed by atoms with Gasteiger partial charge < -0.3 is 14.6 Å². The van der Waals surface area contributed by atoms with Gasteiger partial charge in [0.05, 0.1) is 17.5 Å². The van der Waals surface area contributed by atoms with Crippen molar-refractivity contribution in [2.45, 2.75) is 38.9 Å². The molecule has 2 amide bonds. The molecule has 3 aromatic rings. The van der Waals surface area contributed by atoms with Gasteiger partial charge in [-0.05, 0) is 51.0 Å². The fraction of sp³-hybridized carbons (Fsp3) is 0.333. The molecule has 1 N–H and O–H groups in total. The maximum absolute atomic E-state index is 12.6. The van der Waals surface area contributed by atoms with Gasteiger partial charge in [-0.3, -0.25) is 14.5 Å². The molecule has 8 nitrogen and oxygen atoms in total. The van der Waals surface area contributed by atoms with Crippen molar-refractivity contribution in [1.82, 2.24) is 14.8 Å². The fourth-order valence-electron chi connectivity index (χ4n) is 4.16. The summed E-state index contributed by atoms with van der Waals surface area (Å²) in [5.41, 5.74) is 4.80. The minimum atomic E-state index is -0.346. The Morgan fingerprint density at radius 2 is 1.88 bits per heavy atom. The second kappa shape index (κ2) is 9.27. The second-order valence-electron chi connectivity index (χ2n) is 8.21. The molecule has 4 rings (SSSR count). The highest BCUT2D eigenvalue weighted by Gasteiger charge is 2.32. The summed E-state index contributed by atoms with van der Waals surface area (Å²) in [6, 6.07) is 11.2. The third-order valence-electron chi connectivity index (χ3n) is 5.65. The molecule has 1 aromatic heterocycles. The van der Waals surface area contributed by atoms with Gasteiger partial charge in [-0.1, -0.05) is 41.6 Å². The number of aromatic nitrogens is 3. The van der Waals surface area contributed by atoms with Crippen LogP contribution < -0.4 is 15.0 Å². The summed E-state index contributed by atoms with van der Waals surface area (Å²) >= 11 is 1.31. The number of carbonyl (C=O) groups is 2. The predicted molar refractivity (Wildman–Crippen MR) is 129 cm³/mol. The third-order valence-corrected chi connectivity index (χ3v) is 6.67. The molecule has 0 saturated heterocycles. The van der Waals surface area contributed by atoms with Crippen LogP contribution in [0.3, 0.4) is 0 Å². The van der Waals surface area contributed by atoms with E-state index in [1.165, 1.54) is 17.3 Å². The van der Waals surface area contributed by atoms with Gasteiger partial charge in [0.25, 0.3) is 5.91 Å². The first-order chi connectivity index (χ1) is 15.8. The number of benzene rings is 2. The number of aryl methyl sites for hydroxylation is 3. The van der Waals surface area contributed by atoms with E-state index in [9.17, 15) is 9.59 Å². The van der Waals surface area contributed by atoms with Gasteiger partial charge in [-0.25, -0.2) is 0 Å². The second-order valence-corrected chi connectivity index (χ2v) is 9.15. The fourth-order valence-corrected chi connectivity index (χ4v) is 4.88. The third kappa shape index (κ3) is 4.59. The van der Waals surface area contributed by atoms with Crippen molar-refractivity contribution in [1.29, 1.82) is 0 Å². The molecular weight excluding hydrogens is 438 g/mol. The number of nitrogens with one attached hydrogen (secondary N) is 1. The van der Waals surface area contributed by atoms with Crippen molar-refractivity contribution in [2.75, 3.05) is 22.6 Å². The summed E-state index contributed by atoms with van der Waals surface area (Å²) in [4.78, 5) is 26.9. The van der Waals surface area contributed by atoms with Gasteiger partial charge in [0.1, 0.15) is 5.75 Å². The van der Waals surface area contributed by atoms with Crippen molar-refractivity contribution in [3.63, 3.8) is 0 Å². The molecule has 0 bridgehead atoms. The average Bonchev–Trinajstić information content (AvgIpc) is 3.14. The van der Waals surface area contributed by atoms with Crippen LogP contribution in [0.4, 0.5) is 11.4 Å². The minimum absolute atomic E-state index is 0.0151. The molecular formula is C24H27N5O3S. The number of amides is 2. The molecule has 0 aliphatic carbocycles. The van der Waals surface area contributed by atoms with Crippen LogP contribution in [0.25, 0.3) is 0 Å². The molecule has 172 valence electrons. The topological polar surface area (TPSA) is 89.3 Å². The van der Waals surface area contributed by atoms with Gasteiger partial charge in [0.15, 0.2) is 17.6 Å². The van der Waals surface area contributed by atoms with Crippen LogP contribution in [0.2, 0.25) is 0 Å². The Morgan fingerprint density at radius 1 is 1.18 bits per heavy atom. The Balaban J connectivity index is 1.46. The van der Waals surface area contributed by atoms with Crippen LogP contribution >= 0.6 is 11.8 Å². The highest BCUT2D eigenvalue weighted by atomic mass is 32.2. The van der Waals surface area contributed by atoms with Gasteiger partial charge >= 0.3 is 0 Å². The van der Waals surface area contributed by atoms with E-state index >= 15 is 0 Å². The SMILES string of the molecule is Cc1cc(C)c(NC(=O)CSc2nnc([C@H](C)N3C(=O)COc4ccccc43)n2C)c(C)c1. The van der Waals surface area contributed by atoms with Crippen molar-refractivity contribution >= 4 is 35.0 Å². The maximum Gasteiger partial charge on any atom is 0.265 e. The number of rotatable bonds is 6. The number of hydrogen-bond acceptors (Lipinski definition) is 6. The number of thioether (sulfide) groups is 1. The molecule has 2 heterocycles. The number of anilines is 2. The maximum atomic E-state index is 12.6. The van der Waals surface area contributed by atoms with Crippen molar-refractivity contribution in [3.05, 3.63) is 58.9 Å². The van der Waals surface area contributed by atoms with E-state index in [2.05, 4.69) is 27.6 Å². The van der Waals surface area contributed by atoms with Crippen LogP contribution in [0.1, 0.15) is 35.5 Å².